The lowest BCUT2D eigenvalue weighted by Gasteiger charge is -2.14. The van der Waals surface area contributed by atoms with E-state index in [9.17, 15) is 0 Å². The molecule has 0 aliphatic heterocycles. The third-order valence-electron chi connectivity index (χ3n) is 4.80. The highest BCUT2D eigenvalue weighted by atomic mass is 15.3. The van der Waals surface area contributed by atoms with Crippen LogP contribution >= 0.6 is 0 Å². The summed E-state index contributed by atoms with van der Waals surface area (Å²) in [6.07, 6.45) is 10.7. The smallest absolute Gasteiger partial charge is 0.148 e. The Kier molecular flexibility index (Phi) is 4.58. The lowest BCUT2D eigenvalue weighted by molar-refractivity contribution is 0.491. The van der Waals surface area contributed by atoms with Gasteiger partial charge < -0.3 is 10.7 Å². The summed E-state index contributed by atoms with van der Waals surface area (Å²) in [5, 5.41) is 3.49. The van der Waals surface area contributed by atoms with Crippen molar-refractivity contribution in [1.29, 1.82) is 0 Å². The first kappa shape index (κ1) is 14.6. The van der Waals surface area contributed by atoms with Gasteiger partial charge in [-0.05, 0) is 38.5 Å². The molecule has 3 rings (SSSR count). The molecule has 1 aromatic rings. The van der Waals surface area contributed by atoms with Crippen molar-refractivity contribution >= 4 is 11.6 Å². The summed E-state index contributed by atoms with van der Waals surface area (Å²) in [4.78, 5) is 9.21. The highest BCUT2D eigenvalue weighted by Gasteiger charge is 2.28. The lowest BCUT2D eigenvalue weighted by atomic mass is 10.0. The fourth-order valence-electron chi connectivity index (χ4n) is 3.27. The van der Waals surface area contributed by atoms with Crippen LogP contribution in [0.1, 0.15) is 68.7 Å². The van der Waals surface area contributed by atoms with Crippen LogP contribution in [-0.4, -0.2) is 16.5 Å². The summed E-state index contributed by atoms with van der Waals surface area (Å²) in [5.74, 6) is 9.72. The summed E-state index contributed by atoms with van der Waals surface area (Å²) in [6.45, 7) is 3.01. The number of hydrogen-bond acceptors (Lipinski definition) is 5. The maximum Gasteiger partial charge on any atom is 0.148 e. The summed E-state index contributed by atoms with van der Waals surface area (Å²) in [6, 6.07) is 0. The normalized spacial score (nSPS) is 19.0. The van der Waals surface area contributed by atoms with Crippen molar-refractivity contribution in [3.63, 3.8) is 0 Å². The molecule has 5 heteroatoms. The fourth-order valence-corrected chi connectivity index (χ4v) is 3.27. The molecule has 0 aromatic carbocycles. The molecule has 0 atom stereocenters. The number of hydrogen-bond donors (Lipinski definition) is 3. The first-order valence-corrected chi connectivity index (χ1v) is 8.37. The van der Waals surface area contributed by atoms with E-state index in [4.69, 9.17) is 10.8 Å². The first-order chi connectivity index (χ1) is 10.3. The predicted octanol–water partition coefficient (Wildman–Crippen LogP) is 3.33. The van der Waals surface area contributed by atoms with Gasteiger partial charge in [-0.2, -0.15) is 0 Å². The average molecular weight is 289 g/mol. The van der Waals surface area contributed by atoms with Crippen LogP contribution in [0.5, 0.6) is 0 Å². The number of rotatable bonds is 7. The standard InChI is InChI=1S/C16H27N5/c1-11-14(18-10-4-7-12-5-2-3-6-12)19-16(13-8-9-13)20-15(11)21-17/h12-13H,2-10,17H2,1H3,(H2,18,19,20,21). The fraction of sp³-hybridized carbons (Fsp3) is 0.750. The second-order valence-corrected chi connectivity index (χ2v) is 6.54. The summed E-state index contributed by atoms with van der Waals surface area (Å²) in [5.41, 5.74) is 3.72. The number of nitrogens with zero attached hydrogens (tertiary/aromatic N) is 2. The molecule has 2 aliphatic carbocycles. The van der Waals surface area contributed by atoms with Gasteiger partial charge >= 0.3 is 0 Å². The molecule has 0 spiro atoms. The highest BCUT2D eigenvalue weighted by molar-refractivity contribution is 5.57. The summed E-state index contributed by atoms with van der Waals surface area (Å²) in [7, 11) is 0. The zero-order chi connectivity index (χ0) is 14.7. The molecule has 0 amide bonds. The molecule has 1 heterocycles. The Bertz CT molecular complexity index is 478. The van der Waals surface area contributed by atoms with Crippen molar-refractivity contribution in [3.05, 3.63) is 11.4 Å². The van der Waals surface area contributed by atoms with Crippen LogP contribution < -0.4 is 16.6 Å². The van der Waals surface area contributed by atoms with Gasteiger partial charge in [0.15, 0.2) is 0 Å². The largest absolute Gasteiger partial charge is 0.370 e. The van der Waals surface area contributed by atoms with Gasteiger partial charge in [-0.1, -0.05) is 25.7 Å². The maximum absolute atomic E-state index is 5.58. The summed E-state index contributed by atoms with van der Waals surface area (Å²) < 4.78 is 0. The van der Waals surface area contributed by atoms with Gasteiger partial charge in [-0.25, -0.2) is 15.8 Å². The van der Waals surface area contributed by atoms with Gasteiger partial charge in [0.25, 0.3) is 0 Å². The zero-order valence-corrected chi connectivity index (χ0v) is 13.0. The van der Waals surface area contributed by atoms with Crippen molar-refractivity contribution in [3.8, 4) is 0 Å². The first-order valence-electron chi connectivity index (χ1n) is 8.37. The monoisotopic (exact) mass is 289 g/mol. The van der Waals surface area contributed by atoms with Gasteiger partial charge in [-0.3, -0.25) is 0 Å². The zero-order valence-electron chi connectivity index (χ0n) is 13.0. The van der Waals surface area contributed by atoms with Crippen molar-refractivity contribution in [2.24, 2.45) is 11.8 Å². The minimum absolute atomic E-state index is 0.539. The Hall–Kier alpha value is -1.36. The number of nitrogens with two attached hydrogens (primary N) is 1. The van der Waals surface area contributed by atoms with Crippen molar-refractivity contribution in [2.45, 2.75) is 64.2 Å². The molecular formula is C16H27N5. The predicted molar refractivity (Wildman–Crippen MR) is 86.2 cm³/mol. The van der Waals surface area contributed by atoms with E-state index in [0.717, 1.165) is 35.5 Å². The van der Waals surface area contributed by atoms with Crippen LogP contribution in [0.15, 0.2) is 0 Å². The van der Waals surface area contributed by atoms with Gasteiger partial charge in [0.05, 0.1) is 0 Å². The molecule has 2 fully saturated rings. The van der Waals surface area contributed by atoms with Crippen LogP contribution in [0.3, 0.4) is 0 Å². The molecule has 2 saturated carbocycles. The number of nitrogen functional groups attached to an aromatic ring is 1. The second-order valence-electron chi connectivity index (χ2n) is 6.54. The van der Waals surface area contributed by atoms with Crippen LogP contribution in [-0.2, 0) is 0 Å². The topological polar surface area (TPSA) is 75.9 Å². The maximum atomic E-state index is 5.58. The molecule has 0 bridgehead atoms. The van der Waals surface area contributed by atoms with E-state index < -0.39 is 0 Å². The highest BCUT2D eigenvalue weighted by Crippen LogP contribution is 2.39. The van der Waals surface area contributed by atoms with E-state index in [2.05, 4.69) is 15.7 Å². The van der Waals surface area contributed by atoms with Crippen molar-refractivity contribution in [1.82, 2.24) is 9.97 Å². The molecule has 0 unspecified atom stereocenters. The van der Waals surface area contributed by atoms with E-state index in [-0.39, 0.29) is 0 Å². The molecular weight excluding hydrogens is 262 g/mol. The van der Waals surface area contributed by atoms with Crippen LogP contribution in [0.2, 0.25) is 0 Å². The Balaban J connectivity index is 1.56. The summed E-state index contributed by atoms with van der Waals surface area (Å²) >= 11 is 0. The van der Waals surface area contributed by atoms with E-state index in [1.807, 2.05) is 6.92 Å². The van der Waals surface area contributed by atoms with Gasteiger partial charge in [0, 0.05) is 18.0 Å². The second kappa shape index (κ2) is 6.60. The molecule has 1 aromatic heterocycles. The molecule has 0 radical (unpaired) electrons. The Morgan fingerprint density at radius 3 is 2.48 bits per heavy atom. The van der Waals surface area contributed by atoms with Crippen LogP contribution in [0.25, 0.3) is 0 Å². The number of aromatic nitrogens is 2. The molecule has 116 valence electrons. The van der Waals surface area contributed by atoms with Crippen LogP contribution in [0.4, 0.5) is 11.6 Å². The lowest BCUT2D eigenvalue weighted by Crippen LogP contribution is -2.15. The third-order valence-corrected chi connectivity index (χ3v) is 4.80. The quantitative estimate of drug-likeness (QED) is 0.408. The molecule has 2 aliphatic rings. The minimum Gasteiger partial charge on any atom is -0.370 e. The van der Waals surface area contributed by atoms with E-state index in [1.165, 1.54) is 51.4 Å². The van der Waals surface area contributed by atoms with Crippen molar-refractivity contribution < 1.29 is 0 Å². The van der Waals surface area contributed by atoms with E-state index in [0.29, 0.717) is 5.92 Å². The molecule has 0 saturated heterocycles. The Labute approximate surface area is 127 Å². The number of nitrogens with one attached hydrogen (secondary N) is 2. The minimum atomic E-state index is 0.539. The Morgan fingerprint density at radius 1 is 1.10 bits per heavy atom. The molecule has 5 nitrogen and oxygen atoms in total. The van der Waals surface area contributed by atoms with Crippen molar-refractivity contribution in [2.75, 3.05) is 17.3 Å². The molecule has 21 heavy (non-hydrogen) atoms. The van der Waals surface area contributed by atoms with Gasteiger partial charge in [0.1, 0.15) is 17.5 Å². The SMILES string of the molecule is Cc1c(NN)nc(C2CC2)nc1NCCCC1CCCC1. The average Bonchev–Trinajstić information content (AvgIpc) is 3.22. The number of hydrazine groups is 1. The number of anilines is 2. The van der Waals surface area contributed by atoms with Gasteiger partial charge in [0.2, 0.25) is 0 Å². The van der Waals surface area contributed by atoms with E-state index in [1.54, 1.807) is 0 Å². The Morgan fingerprint density at radius 2 is 1.81 bits per heavy atom. The van der Waals surface area contributed by atoms with Gasteiger partial charge in [-0.15, -0.1) is 0 Å². The van der Waals surface area contributed by atoms with Crippen LogP contribution in [0, 0.1) is 12.8 Å². The van der Waals surface area contributed by atoms with E-state index >= 15 is 0 Å². The molecule has 4 N–H and O–H groups in total. The third kappa shape index (κ3) is 3.64.